The first-order valence-corrected chi connectivity index (χ1v) is 7.53. The Morgan fingerprint density at radius 3 is 2.80 bits per heavy atom. The van der Waals surface area contributed by atoms with Crippen molar-refractivity contribution < 1.29 is 9.18 Å². The van der Waals surface area contributed by atoms with Crippen LogP contribution in [0.2, 0.25) is 5.02 Å². The lowest BCUT2D eigenvalue weighted by Gasteiger charge is -2.18. The molecule has 0 aromatic heterocycles. The Morgan fingerprint density at radius 1 is 1.25 bits per heavy atom. The second-order valence-electron chi connectivity index (χ2n) is 4.67. The second kappa shape index (κ2) is 5.33. The minimum atomic E-state index is -0.385. The number of rotatable bonds is 2. The van der Waals surface area contributed by atoms with Gasteiger partial charge in [-0.25, -0.2) is 4.39 Å². The van der Waals surface area contributed by atoms with E-state index in [1.165, 1.54) is 6.07 Å². The van der Waals surface area contributed by atoms with Crippen molar-refractivity contribution in [3.63, 3.8) is 0 Å². The number of halogens is 3. The Bertz CT molecular complexity index is 704. The summed E-state index contributed by atoms with van der Waals surface area (Å²) in [6, 6.07) is 10.4. The normalized spacial score (nSPS) is 13.8. The molecule has 0 N–H and O–H groups in total. The van der Waals surface area contributed by atoms with E-state index in [0.717, 1.165) is 14.8 Å². The number of hydrogen-bond donors (Lipinski definition) is 0. The zero-order valence-electron chi connectivity index (χ0n) is 10.4. The predicted octanol–water partition coefficient (Wildman–Crippen LogP) is 4.17. The SMILES string of the molecule is O=C1Cc2cc(I)ccc2N1Cc1ccc(Cl)cc1F. The van der Waals surface area contributed by atoms with Crippen molar-refractivity contribution >= 4 is 45.8 Å². The lowest BCUT2D eigenvalue weighted by atomic mass is 10.1. The van der Waals surface area contributed by atoms with Crippen LogP contribution in [0.25, 0.3) is 0 Å². The zero-order chi connectivity index (χ0) is 14.3. The maximum absolute atomic E-state index is 13.8. The van der Waals surface area contributed by atoms with Gasteiger partial charge in [-0.05, 0) is 58.5 Å². The van der Waals surface area contributed by atoms with E-state index in [2.05, 4.69) is 22.6 Å². The Balaban J connectivity index is 1.94. The van der Waals surface area contributed by atoms with Crippen LogP contribution >= 0.6 is 34.2 Å². The number of hydrogen-bond acceptors (Lipinski definition) is 1. The molecule has 0 radical (unpaired) electrons. The highest BCUT2D eigenvalue weighted by Crippen LogP contribution is 2.32. The number of nitrogens with zero attached hydrogens (tertiary/aromatic N) is 1. The van der Waals surface area contributed by atoms with Gasteiger partial charge in [-0.15, -0.1) is 0 Å². The minimum absolute atomic E-state index is 0.00338. The summed E-state index contributed by atoms with van der Waals surface area (Å²) in [7, 11) is 0. The molecule has 5 heteroatoms. The molecule has 2 aromatic rings. The highest BCUT2D eigenvalue weighted by atomic mass is 127. The second-order valence-corrected chi connectivity index (χ2v) is 6.35. The summed E-state index contributed by atoms with van der Waals surface area (Å²) in [4.78, 5) is 13.7. The van der Waals surface area contributed by atoms with Crippen molar-refractivity contribution in [1.82, 2.24) is 0 Å². The molecule has 1 aliphatic rings. The first-order valence-electron chi connectivity index (χ1n) is 6.07. The number of anilines is 1. The molecule has 0 saturated heterocycles. The number of amides is 1. The molecule has 1 heterocycles. The van der Waals surface area contributed by atoms with E-state index in [-0.39, 0.29) is 18.3 Å². The molecule has 1 aliphatic heterocycles. The van der Waals surface area contributed by atoms with Gasteiger partial charge in [0.05, 0.1) is 13.0 Å². The molecule has 1 amide bonds. The Kier molecular flexibility index (Phi) is 3.69. The van der Waals surface area contributed by atoms with E-state index < -0.39 is 0 Å². The molecule has 0 atom stereocenters. The molecule has 0 saturated carbocycles. The molecule has 0 unspecified atom stereocenters. The summed E-state index contributed by atoms with van der Waals surface area (Å²) < 4.78 is 14.9. The molecule has 3 rings (SSSR count). The van der Waals surface area contributed by atoms with Crippen LogP contribution in [-0.4, -0.2) is 5.91 Å². The van der Waals surface area contributed by atoms with Gasteiger partial charge in [-0.1, -0.05) is 17.7 Å². The van der Waals surface area contributed by atoms with E-state index in [0.29, 0.717) is 17.0 Å². The molecular formula is C15H10ClFINO. The molecule has 2 aromatic carbocycles. The maximum atomic E-state index is 13.8. The fourth-order valence-electron chi connectivity index (χ4n) is 2.35. The average Bonchev–Trinajstić information content (AvgIpc) is 2.68. The van der Waals surface area contributed by atoms with E-state index in [4.69, 9.17) is 11.6 Å². The molecule has 20 heavy (non-hydrogen) atoms. The van der Waals surface area contributed by atoms with Crippen LogP contribution in [0.5, 0.6) is 0 Å². The summed E-state index contributed by atoms with van der Waals surface area (Å²) in [5.74, 6) is -0.388. The van der Waals surface area contributed by atoms with Gasteiger partial charge in [0, 0.05) is 19.8 Å². The lowest BCUT2D eigenvalue weighted by molar-refractivity contribution is -0.117. The molecule has 0 fully saturated rings. The summed E-state index contributed by atoms with van der Waals surface area (Å²) in [5.41, 5.74) is 2.33. The Morgan fingerprint density at radius 2 is 2.05 bits per heavy atom. The topological polar surface area (TPSA) is 20.3 Å². The van der Waals surface area contributed by atoms with Gasteiger partial charge in [0.1, 0.15) is 5.82 Å². The number of benzene rings is 2. The van der Waals surface area contributed by atoms with Gasteiger partial charge in [-0.2, -0.15) is 0 Å². The van der Waals surface area contributed by atoms with Crippen LogP contribution in [0.3, 0.4) is 0 Å². The maximum Gasteiger partial charge on any atom is 0.231 e. The highest BCUT2D eigenvalue weighted by Gasteiger charge is 2.27. The number of carbonyl (C=O) groups is 1. The largest absolute Gasteiger partial charge is 0.307 e. The third kappa shape index (κ3) is 2.54. The smallest absolute Gasteiger partial charge is 0.231 e. The third-order valence-corrected chi connectivity index (χ3v) is 4.22. The van der Waals surface area contributed by atoms with Crippen molar-refractivity contribution in [1.29, 1.82) is 0 Å². The summed E-state index contributed by atoms with van der Waals surface area (Å²) in [6.45, 7) is 0.232. The van der Waals surface area contributed by atoms with Crippen LogP contribution in [0.4, 0.5) is 10.1 Å². The van der Waals surface area contributed by atoms with Gasteiger partial charge in [0.15, 0.2) is 0 Å². The molecule has 0 aliphatic carbocycles. The molecule has 2 nitrogen and oxygen atoms in total. The van der Waals surface area contributed by atoms with E-state index >= 15 is 0 Å². The Labute approximate surface area is 134 Å². The van der Waals surface area contributed by atoms with Crippen LogP contribution in [-0.2, 0) is 17.8 Å². The van der Waals surface area contributed by atoms with Crippen molar-refractivity contribution in [2.75, 3.05) is 4.90 Å². The van der Waals surface area contributed by atoms with Gasteiger partial charge in [0.2, 0.25) is 5.91 Å². The minimum Gasteiger partial charge on any atom is -0.307 e. The summed E-state index contributed by atoms with van der Waals surface area (Å²) in [5, 5.41) is 0.356. The van der Waals surface area contributed by atoms with Crippen LogP contribution < -0.4 is 4.90 Å². The first kappa shape index (κ1) is 13.8. The first-order chi connectivity index (χ1) is 9.54. The summed E-state index contributed by atoms with van der Waals surface area (Å²) in [6.07, 6.45) is 0.376. The molecular weight excluding hydrogens is 392 g/mol. The highest BCUT2D eigenvalue weighted by molar-refractivity contribution is 14.1. The number of carbonyl (C=O) groups excluding carboxylic acids is 1. The van der Waals surface area contributed by atoms with Crippen molar-refractivity contribution in [3.8, 4) is 0 Å². The summed E-state index contributed by atoms with van der Waals surface area (Å²) >= 11 is 7.95. The fourth-order valence-corrected chi connectivity index (χ4v) is 3.06. The van der Waals surface area contributed by atoms with E-state index in [9.17, 15) is 9.18 Å². The van der Waals surface area contributed by atoms with Gasteiger partial charge in [-0.3, -0.25) is 4.79 Å². The molecule has 102 valence electrons. The van der Waals surface area contributed by atoms with Crippen LogP contribution in [0.15, 0.2) is 36.4 Å². The average molecular weight is 402 g/mol. The fraction of sp³-hybridized carbons (Fsp3) is 0.133. The quantitative estimate of drug-likeness (QED) is 0.692. The Hall–Kier alpha value is -1.14. The lowest BCUT2D eigenvalue weighted by Crippen LogP contribution is -2.26. The third-order valence-electron chi connectivity index (χ3n) is 3.32. The van der Waals surface area contributed by atoms with Gasteiger partial charge >= 0.3 is 0 Å². The number of fused-ring (bicyclic) bond motifs is 1. The standard InChI is InChI=1S/C15H10ClFINO/c16-11-2-1-9(13(17)7-11)8-19-14-4-3-12(18)5-10(14)6-15(19)20/h1-5,7H,6,8H2. The van der Waals surface area contributed by atoms with Crippen LogP contribution in [0, 0.1) is 9.39 Å². The molecule has 0 bridgehead atoms. The monoisotopic (exact) mass is 401 g/mol. The van der Waals surface area contributed by atoms with Crippen molar-refractivity contribution in [2.45, 2.75) is 13.0 Å². The van der Waals surface area contributed by atoms with Crippen molar-refractivity contribution in [3.05, 3.63) is 61.9 Å². The van der Waals surface area contributed by atoms with E-state index in [1.54, 1.807) is 17.0 Å². The van der Waals surface area contributed by atoms with Crippen LogP contribution in [0.1, 0.15) is 11.1 Å². The molecule has 0 spiro atoms. The van der Waals surface area contributed by atoms with Crippen molar-refractivity contribution in [2.24, 2.45) is 0 Å². The zero-order valence-corrected chi connectivity index (χ0v) is 13.3. The van der Waals surface area contributed by atoms with Gasteiger partial charge < -0.3 is 4.90 Å². The van der Waals surface area contributed by atoms with E-state index in [1.807, 2.05) is 18.2 Å². The predicted molar refractivity (Wildman–Crippen MR) is 85.5 cm³/mol. The van der Waals surface area contributed by atoms with Gasteiger partial charge in [0.25, 0.3) is 0 Å².